The summed E-state index contributed by atoms with van der Waals surface area (Å²) >= 11 is 0. The summed E-state index contributed by atoms with van der Waals surface area (Å²) in [5.74, 6) is 0. The summed E-state index contributed by atoms with van der Waals surface area (Å²) in [6.45, 7) is 6.68. The maximum absolute atomic E-state index is 8.67. The summed E-state index contributed by atoms with van der Waals surface area (Å²) < 4.78 is 5.56. The van der Waals surface area contributed by atoms with Gasteiger partial charge in [-0.05, 0) is 33.1 Å². The second kappa shape index (κ2) is 6.80. The first kappa shape index (κ1) is 13.4. The summed E-state index contributed by atoms with van der Waals surface area (Å²) in [6.07, 6.45) is 4.12. The van der Waals surface area contributed by atoms with E-state index in [9.17, 15) is 0 Å². The molecule has 0 aromatic carbocycles. The number of hydrogen-bond acceptors (Lipinski definition) is 3. The molecule has 2 N–H and O–H groups in total. The Bertz CT molecular complexity index is 184. The molecule has 0 fully saturated rings. The SMILES string of the molecule is CCCC(C)OCCCC(C)(N)C#N. The zero-order chi connectivity index (χ0) is 11.0. The molecule has 0 amide bonds. The number of nitriles is 1. The van der Waals surface area contributed by atoms with E-state index in [4.69, 9.17) is 15.7 Å². The van der Waals surface area contributed by atoms with Gasteiger partial charge in [-0.25, -0.2) is 0 Å². The molecular weight excluding hydrogens is 176 g/mol. The number of nitrogens with two attached hydrogens (primary N) is 1. The van der Waals surface area contributed by atoms with E-state index >= 15 is 0 Å². The maximum atomic E-state index is 8.67. The molecule has 3 heteroatoms. The average Bonchev–Trinajstić information content (AvgIpc) is 2.13. The standard InChI is InChI=1S/C11H22N2O/c1-4-6-10(2)14-8-5-7-11(3,13)9-12/h10H,4-8,13H2,1-3H3. The van der Waals surface area contributed by atoms with Crippen LogP contribution in [0.15, 0.2) is 0 Å². The third kappa shape index (κ3) is 6.88. The van der Waals surface area contributed by atoms with Crippen LogP contribution in [0, 0.1) is 11.3 Å². The van der Waals surface area contributed by atoms with Gasteiger partial charge in [0.25, 0.3) is 0 Å². The minimum atomic E-state index is -0.697. The van der Waals surface area contributed by atoms with Crippen molar-refractivity contribution in [3.05, 3.63) is 0 Å². The van der Waals surface area contributed by atoms with E-state index in [1.165, 1.54) is 0 Å². The van der Waals surface area contributed by atoms with Crippen LogP contribution in [-0.4, -0.2) is 18.2 Å². The number of hydrogen-bond donors (Lipinski definition) is 1. The smallest absolute Gasteiger partial charge is 0.101 e. The minimum Gasteiger partial charge on any atom is -0.379 e. The molecular formula is C11H22N2O. The van der Waals surface area contributed by atoms with Crippen molar-refractivity contribution in [2.24, 2.45) is 5.73 Å². The largest absolute Gasteiger partial charge is 0.379 e. The lowest BCUT2D eigenvalue weighted by molar-refractivity contribution is 0.0558. The highest BCUT2D eigenvalue weighted by Crippen LogP contribution is 2.08. The van der Waals surface area contributed by atoms with Crippen LogP contribution in [-0.2, 0) is 4.74 Å². The third-order valence-corrected chi connectivity index (χ3v) is 2.19. The topological polar surface area (TPSA) is 59.0 Å². The van der Waals surface area contributed by atoms with Gasteiger partial charge in [-0.15, -0.1) is 0 Å². The molecule has 2 atom stereocenters. The lowest BCUT2D eigenvalue weighted by atomic mass is 10.00. The fraction of sp³-hybridized carbons (Fsp3) is 0.909. The van der Waals surface area contributed by atoms with E-state index in [0.717, 1.165) is 19.3 Å². The molecule has 0 heterocycles. The Kier molecular flexibility index (Phi) is 6.52. The van der Waals surface area contributed by atoms with E-state index in [2.05, 4.69) is 19.9 Å². The van der Waals surface area contributed by atoms with Crippen LogP contribution in [0.3, 0.4) is 0 Å². The average molecular weight is 198 g/mol. The van der Waals surface area contributed by atoms with Crippen molar-refractivity contribution in [1.29, 1.82) is 5.26 Å². The van der Waals surface area contributed by atoms with Crippen LogP contribution in [0.2, 0.25) is 0 Å². The minimum absolute atomic E-state index is 0.325. The molecule has 0 bridgehead atoms. The second-order valence-electron chi connectivity index (χ2n) is 4.10. The fourth-order valence-corrected chi connectivity index (χ4v) is 1.27. The van der Waals surface area contributed by atoms with Crippen molar-refractivity contribution in [3.63, 3.8) is 0 Å². The van der Waals surface area contributed by atoms with E-state index in [-0.39, 0.29) is 0 Å². The predicted octanol–water partition coefficient (Wildman–Crippen LogP) is 2.21. The molecule has 0 aromatic rings. The number of ether oxygens (including phenoxy) is 1. The first-order valence-electron chi connectivity index (χ1n) is 5.33. The van der Waals surface area contributed by atoms with Crippen molar-refractivity contribution < 1.29 is 4.74 Å². The summed E-state index contributed by atoms with van der Waals surface area (Å²) in [7, 11) is 0. The maximum Gasteiger partial charge on any atom is 0.101 e. The molecule has 0 aliphatic heterocycles. The van der Waals surface area contributed by atoms with Crippen LogP contribution >= 0.6 is 0 Å². The molecule has 0 rings (SSSR count). The van der Waals surface area contributed by atoms with Crippen LogP contribution in [0.25, 0.3) is 0 Å². The fourth-order valence-electron chi connectivity index (χ4n) is 1.27. The third-order valence-electron chi connectivity index (χ3n) is 2.19. The molecule has 0 spiro atoms. The molecule has 0 radical (unpaired) electrons. The highest BCUT2D eigenvalue weighted by atomic mass is 16.5. The van der Waals surface area contributed by atoms with Crippen molar-refractivity contribution >= 4 is 0 Å². The number of rotatable bonds is 7. The van der Waals surface area contributed by atoms with Crippen molar-refractivity contribution in [2.45, 2.75) is 58.1 Å². The summed E-state index contributed by atoms with van der Waals surface area (Å²) in [6, 6.07) is 2.08. The second-order valence-corrected chi connectivity index (χ2v) is 4.10. The zero-order valence-electron chi connectivity index (χ0n) is 9.55. The van der Waals surface area contributed by atoms with E-state index < -0.39 is 5.54 Å². The van der Waals surface area contributed by atoms with E-state index in [0.29, 0.717) is 19.1 Å². The first-order valence-corrected chi connectivity index (χ1v) is 5.33. The predicted molar refractivity (Wildman–Crippen MR) is 57.8 cm³/mol. The van der Waals surface area contributed by atoms with Crippen molar-refractivity contribution in [2.75, 3.05) is 6.61 Å². The molecule has 0 aromatic heterocycles. The Labute approximate surface area is 87.2 Å². The molecule has 2 unspecified atom stereocenters. The van der Waals surface area contributed by atoms with Gasteiger partial charge in [0.2, 0.25) is 0 Å². The molecule has 0 aliphatic rings. The van der Waals surface area contributed by atoms with Gasteiger partial charge in [0, 0.05) is 6.61 Å². The Morgan fingerprint density at radius 3 is 2.71 bits per heavy atom. The van der Waals surface area contributed by atoms with Crippen LogP contribution < -0.4 is 5.73 Å². The quantitative estimate of drug-likeness (QED) is 0.638. The monoisotopic (exact) mass is 198 g/mol. The Morgan fingerprint density at radius 1 is 1.57 bits per heavy atom. The first-order chi connectivity index (χ1) is 6.52. The highest BCUT2D eigenvalue weighted by molar-refractivity contribution is 5.00. The van der Waals surface area contributed by atoms with Crippen LogP contribution in [0.5, 0.6) is 0 Å². The Morgan fingerprint density at radius 2 is 2.21 bits per heavy atom. The summed E-state index contributed by atoms with van der Waals surface area (Å²) in [4.78, 5) is 0. The normalized spacial score (nSPS) is 17.1. The lowest BCUT2D eigenvalue weighted by Crippen LogP contribution is -2.34. The van der Waals surface area contributed by atoms with Gasteiger partial charge in [0.1, 0.15) is 5.54 Å². The van der Waals surface area contributed by atoms with Gasteiger partial charge in [-0.1, -0.05) is 13.3 Å². The molecule has 3 nitrogen and oxygen atoms in total. The summed E-state index contributed by atoms with van der Waals surface area (Å²) in [5, 5.41) is 8.67. The van der Waals surface area contributed by atoms with Gasteiger partial charge < -0.3 is 10.5 Å². The molecule has 14 heavy (non-hydrogen) atoms. The summed E-state index contributed by atoms with van der Waals surface area (Å²) in [5.41, 5.74) is 4.98. The van der Waals surface area contributed by atoms with Gasteiger partial charge in [0.15, 0.2) is 0 Å². The molecule has 82 valence electrons. The van der Waals surface area contributed by atoms with Crippen molar-refractivity contribution in [3.8, 4) is 6.07 Å². The van der Waals surface area contributed by atoms with Gasteiger partial charge in [-0.3, -0.25) is 0 Å². The van der Waals surface area contributed by atoms with E-state index in [1.807, 2.05) is 0 Å². The molecule has 0 saturated carbocycles. The molecule has 0 saturated heterocycles. The Balaban J connectivity index is 3.43. The highest BCUT2D eigenvalue weighted by Gasteiger charge is 2.16. The molecule has 0 aliphatic carbocycles. The number of nitrogens with zero attached hydrogens (tertiary/aromatic N) is 1. The van der Waals surface area contributed by atoms with Gasteiger partial charge in [-0.2, -0.15) is 5.26 Å². The van der Waals surface area contributed by atoms with Crippen LogP contribution in [0.4, 0.5) is 0 Å². The van der Waals surface area contributed by atoms with Crippen molar-refractivity contribution in [1.82, 2.24) is 0 Å². The van der Waals surface area contributed by atoms with E-state index in [1.54, 1.807) is 6.92 Å². The lowest BCUT2D eigenvalue weighted by Gasteiger charge is -2.16. The van der Waals surface area contributed by atoms with Gasteiger partial charge >= 0.3 is 0 Å². The van der Waals surface area contributed by atoms with Gasteiger partial charge in [0.05, 0.1) is 12.2 Å². The zero-order valence-corrected chi connectivity index (χ0v) is 9.55. The van der Waals surface area contributed by atoms with Crippen LogP contribution in [0.1, 0.15) is 46.5 Å². The Hall–Kier alpha value is -0.590.